The van der Waals surface area contributed by atoms with Crippen LogP contribution in [0.2, 0.25) is 0 Å². The van der Waals surface area contributed by atoms with Gasteiger partial charge in [-0.3, -0.25) is 4.84 Å². The van der Waals surface area contributed by atoms with Gasteiger partial charge in [-0.2, -0.15) is 5.06 Å². The van der Waals surface area contributed by atoms with Gasteiger partial charge in [0.1, 0.15) is 6.10 Å². The van der Waals surface area contributed by atoms with Crippen LogP contribution in [0.4, 0.5) is 4.79 Å². The summed E-state index contributed by atoms with van der Waals surface area (Å²) in [6.45, 7) is -0.379. The quantitative estimate of drug-likeness (QED) is 0.473. The first-order valence-electron chi connectivity index (χ1n) is 4.46. The third-order valence-electron chi connectivity index (χ3n) is 1.95. The van der Waals surface area contributed by atoms with Crippen LogP contribution in [0, 0.1) is 0 Å². The van der Waals surface area contributed by atoms with Gasteiger partial charge in [0.2, 0.25) is 3.79 Å². The molecule has 8 heteroatoms. The van der Waals surface area contributed by atoms with E-state index in [2.05, 4.69) is 0 Å². The lowest BCUT2D eigenvalue weighted by molar-refractivity contribution is -0.169. The zero-order valence-corrected chi connectivity index (χ0v) is 10.4. The summed E-state index contributed by atoms with van der Waals surface area (Å²) in [6, 6.07) is -0.350. The lowest BCUT2D eigenvalue weighted by Gasteiger charge is -2.27. The predicted octanol–water partition coefficient (Wildman–Crippen LogP) is 1.92. The Morgan fingerprint density at radius 3 is 2.62 bits per heavy atom. The Kier molecular flexibility index (Phi) is 4.70. The molecular formula is C8H11Cl3N2O3. The fourth-order valence-electron chi connectivity index (χ4n) is 1.24. The fourth-order valence-corrected chi connectivity index (χ4v) is 1.57. The Labute approximate surface area is 108 Å². The number of nitrogens with zero attached hydrogens (tertiary/aromatic N) is 1. The summed E-state index contributed by atoms with van der Waals surface area (Å²) in [6.07, 6.45) is 2.31. The van der Waals surface area contributed by atoms with Crippen LogP contribution in [0.5, 0.6) is 0 Å². The molecule has 1 aliphatic rings. The normalized spacial score (nSPS) is 24.8. The molecule has 92 valence electrons. The van der Waals surface area contributed by atoms with Crippen molar-refractivity contribution in [2.75, 3.05) is 6.54 Å². The molecule has 0 unspecified atom stereocenters. The van der Waals surface area contributed by atoms with Crippen molar-refractivity contribution in [3.8, 4) is 0 Å². The highest BCUT2D eigenvalue weighted by atomic mass is 35.6. The maximum atomic E-state index is 10.8. The minimum Gasteiger partial charge on any atom is -0.463 e. The summed E-state index contributed by atoms with van der Waals surface area (Å²) in [4.78, 5) is 16.0. The van der Waals surface area contributed by atoms with Gasteiger partial charge in [0.15, 0.2) is 0 Å². The predicted molar refractivity (Wildman–Crippen MR) is 61.6 cm³/mol. The van der Waals surface area contributed by atoms with E-state index in [1.54, 1.807) is 6.08 Å². The second-order valence-electron chi connectivity index (χ2n) is 3.32. The van der Waals surface area contributed by atoms with Crippen LogP contribution in [0.15, 0.2) is 12.2 Å². The van der Waals surface area contributed by atoms with Gasteiger partial charge >= 0.3 is 6.09 Å². The maximum Gasteiger partial charge on any atom is 0.431 e. The molecule has 1 aliphatic carbocycles. The number of rotatable bonds is 3. The average molecular weight is 290 g/mol. The number of carboxylic acid groups (broad SMARTS) is 1. The van der Waals surface area contributed by atoms with E-state index in [0.717, 1.165) is 0 Å². The van der Waals surface area contributed by atoms with Crippen molar-refractivity contribution in [1.82, 2.24) is 5.06 Å². The zero-order valence-electron chi connectivity index (χ0n) is 8.15. The Bertz CT molecular complexity index is 293. The van der Waals surface area contributed by atoms with Crippen LogP contribution in [0.3, 0.4) is 0 Å². The van der Waals surface area contributed by atoms with Gasteiger partial charge in [0.05, 0.1) is 12.6 Å². The highest BCUT2D eigenvalue weighted by molar-refractivity contribution is 6.67. The Morgan fingerprint density at radius 2 is 2.25 bits per heavy atom. The third kappa shape index (κ3) is 4.35. The van der Waals surface area contributed by atoms with E-state index in [1.807, 2.05) is 6.08 Å². The number of hydrogen-bond donors (Lipinski definition) is 2. The molecule has 0 spiro atoms. The third-order valence-corrected chi connectivity index (χ3v) is 2.31. The number of hydrogen-bond acceptors (Lipinski definition) is 3. The van der Waals surface area contributed by atoms with E-state index in [0.29, 0.717) is 11.5 Å². The van der Waals surface area contributed by atoms with Gasteiger partial charge in [0.25, 0.3) is 0 Å². The van der Waals surface area contributed by atoms with Crippen molar-refractivity contribution in [1.29, 1.82) is 0 Å². The zero-order chi connectivity index (χ0) is 12.3. The summed E-state index contributed by atoms with van der Waals surface area (Å²) >= 11 is 16.5. The Morgan fingerprint density at radius 1 is 1.62 bits per heavy atom. The first kappa shape index (κ1) is 13.9. The van der Waals surface area contributed by atoms with E-state index >= 15 is 0 Å². The summed E-state index contributed by atoms with van der Waals surface area (Å²) in [5.74, 6) is 0. The number of amides is 1. The van der Waals surface area contributed by atoms with Crippen LogP contribution in [0.1, 0.15) is 6.42 Å². The highest BCUT2D eigenvalue weighted by Crippen LogP contribution is 2.28. The molecule has 3 N–H and O–H groups in total. The second kappa shape index (κ2) is 5.42. The van der Waals surface area contributed by atoms with Crippen LogP contribution >= 0.6 is 34.8 Å². The van der Waals surface area contributed by atoms with Gasteiger partial charge in [-0.15, -0.1) is 0 Å². The van der Waals surface area contributed by atoms with Gasteiger partial charge in [-0.05, 0) is 6.42 Å². The summed E-state index contributed by atoms with van der Waals surface area (Å²) in [5, 5.41) is 9.43. The molecule has 0 aromatic rings. The van der Waals surface area contributed by atoms with E-state index in [4.69, 9.17) is 50.5 Å². The molecular weight excluding hydrogens is 278 g/mol. The second-order valence-corrected chi connectivity index (χ2v) is 5.84. The summed E-state index contributed by atoms with van der Waals surface area (Å²) in [7, 11) is 0. The number of carbonyl (C=O) groups is 1. The minimum absolute atomic E-state index is 0.350. The van der Waals surface area contributed by atoms with Gasteiger partial charge in [-0.1, -0.05) is 47.0 Å². The number of halogens is 3. The number of nitrogens with two attached hydrogens (primary N) is 1. The summed E-state index contributed by atoms with van der Waals surface area (Å²) in [5.41, 5.74) is 5.66. The standard InChI is InChI=1S/C8H11Cl3N2O3/c9-8(10,11)4-13(7(14)15)16-6-3-1-2-5(6)12/h1-2,5-6H,3-4,12H2,(H,14,15)/t5-,6+/m0/s1. The molecule has 0 aromatic heterocycles. The molecule has 1 rings (SSSR count). The monoisotopic (exact) mass is 288 g/mol. The smallest absolute Gasteiger partial charge is 0.431 e. The molecule has 0 bridgehead atoms. The Hall–Kier alpha value is -0.200. The van der Waals surface area contributed by atoms with Crippen LogP contribution in [0.25, 0.3) is 0 Å². The lowest BCUT2D eigenvalue weighted by atomic mass is 10.2. The largest absolute Gasteiger partial charge is 0.463 e. The molecule has 0 aromatic carbocycles. The fraction of sp³-hybridized carbons (Fsp3) is 0.625. The van der Waals surface area contributed by atoms with Gasteiger partial charge < -0.3 is 10.8 Å². The van der Waals surface area contributed by atoms with Crippen LogP contribution < -0.4 is 5.73 Å². The van der Waals surface area contributed by atoms with Crippen molar-refractivity contribution in [3.05, 3.63) is 12.2 Å². The van der Waals surface area contributed by atoms with Crippen molar-refractivity contribution in [2.45, 2.75) is 22.4 Å². The molecule has 0 saturated carbocycles. The topological polar surface area (TPSA) is 75.8 Å². The van der Waals surface area contributed by atoms with Crippen molar-refractivity contribution >= 4 is 40.9 Å². The van der Waals surface area contributed by atoms with Crippen molar-refractivity contribution < 1.29 is 14.7 Å². The molecule has 0 heterocycles. The van der Waals surface area contributed by atoms with E-state index in [-0.39, 0.29) is 12.6 Å². The first-order valence-corrected chi connectivity index (χ1v) is 5.59. The molecule has 1 amide bonds. The average Bonchev–Trinajstić information content (AvgIpc) is 2.48. The van der Waals surface area contributed by atoms with Gasteiger partial charge in [-0.25, -0.2) is 4.79 Å². The maximum absolute atomic E-state index is 10.8. The Balaban J connectivity index is 2.55. The molecule has 0 radical (unpaired) electrons. The first-order chi connectivity index (χ1) is 7.29. The lowest BCUT2D eigenvalue weighted by Crippen LogP contribution is -2.43. The summed E-state index contributed by atoms with van der Waals surface area (Å²) < 4.78 is -1.73. The van der Waals surface area contributed by atoms with Crippen LogP contribution in [-0.4, -0.2) is 38.7 Å². The van der Waals surface area contributed by atoms with Crippen LogP contribution in [-0.2, 0) is 4.84 Å². The molecule has 16 heavy (non-hydrogen) atoms. The molecule has 0 saturated heterocycles. The SMILES string of the molecule is N[C@H]1C=CC[C@H]1ON(CC(Cl)(Cl)Cl)C(=O)O. The minimum atomic E-state index is -1.73. The van der Waals surface area contributed by atoms with Gasteiger partial charge in [0, 0.05) is 0 Å². The molecule has 0 fully saturated rings. The molecule has 0 aliphatic heterocycles. The highest BCUT2D eigenvalue weighted by Gasteiger charge is 2.31. The van der Waals surface area contributed by atoms with Crippen molar-refractivity contribution in [3.63, 3.8) is 0 Å². The molecule has 5 nitrogen and oxygen atoms in total. The van der Waals surface area contributed by atoms with E-state index in [9.17, 15) is 4.79 Å². The van der Waals surface area contributed by atoms with E-state index < -0.39 is 16.0 Å². The van der Waals surface area contributed by atoms with E-state index in [1.165, 1.54) is 0 Å². The van der Waals surface area contributed by atoms with Crippen molar-refractivity contribution in [2.24, 2.45) is 5.73 Å². The number of alkyl halides is 3. The molecule has 2 atom stereocenters. The number of hydroxylamine groups is 2.